The van der Waals surface area contributed by atoms with Gasteiger partial charge in [0, 0.05) is 12.2 Å². The fourth-order valence-corrected chi connectivity index (χ4v) is 3.85. The number of rotatable bonds is 4. The molecule has 0 radical (unpaired) electrons. The van der Waals surface area contributed by atoms with Crippen LogP contribution in [0.1, 0.15) is 20.3 Å². The number of nitrogens with one attached hydrogen (secondary N) is 1. The van der Waals surface area contributed by atoms with Crippen molar-refractivity contribution < 1.29 is 4.79 Å². The average molecular weight is 350 g/mol. The van der Waals surface area contributed by atoms with E-state index in [1.165, 1.54) is 11.8 Å². The second-order valence-electron chi connectivity index (χ2n) is 4.20. The van der Waals surface area contributed by atoms with E-state index in [0.29, 0.717) is 6.42 Å². The minimum Gasteiger partial charge on any atom is -0.340 e. The zero-order valence-electron chi connectivity index (χ0n) is 10.1. The Morgan fingerprint density at radius 2 is 2.22 bits per heavy atom. The lowest BCUT2D eigenvalue weighted by molar-refractivity contribution is -0.121. The maximum atomic E-state index is 11.7. The number of hydrogen-bond acceptors (Lipinski definition) is 4. The average Bonchev–Trinajstić information content (AvgIpc) is 2.66. The van der Waals surface area contributed by atoms with Crippen LogP contribution in [0.4, 0.5) is 0 Å². The largest absolute Gasteiger partial charge is 0.340 e. The van der Waals surface area contributed by atoms with Crippen molar-refractivity contribution in [2.45, 2.75) is 29.4 Å². The van der Waals surface area contributed by atoms with E-state index in [4.69, 9.17) is 34.8 Å². The summed E-state index contributed by atoms with van der Waals surface area (Å²) in [6.45, 7) is 4.71. The van der Waals surface area contributed by atoms with Gasteiger partial charge >= 0.3 is 0 Å². The fraction of sp³-hybridized carbons (Fsp3) is 0.800. The van der Waals surface area contributed by atoms with Crippen LogP contribution < -0.4 is 5.32 Å². The van der Waals surface area contributed by atoms with Gasteiger partial charge in [-0.25, -0.2) is 0 Å². The molecule has 1 atom stereocenters. The molecule has 1 N–H and O–H groups in total. The molecule has 0 unspecified atom stereocenters. The molecule has 0 aliphatic carbocycles. The zero-order valence-corrected chi connectivity index (χ0v) is 14.0. The molecule has 0 aromatic rings. The highest BCUT2D eigenvalue weighted by Gasteiger charge is 2.36. The van der Waals surface area contributed by atoms with Crippen molar-refractivity contribution in [1.29, 1.82) is 0 Å². The first-order valence-electron chi connectivity index (χ1n) is 5.49. The van der Waals surface area contributed by atoms with Gasteiger partial charge in [-0.05, 0) is 5.92 Å². The van der Waals surface area contributed by atoms with Crippen LogP contribution in [0.15, 0.2) is 4.99 Å². The molecule has 1 heterocycles. The van der Waals surface area contributed by atoms with Crippen molar-refractivity contribution in [2.24, 2.45) is 10.9 Å². The Hall–Kier alpha value is 0.710. The molecular weight excluding hydrogens is 335 g/mol. The summed E-state index contributed by atoms with van der Waals surface area (Å²) in [5.41, 5.74) is 0. The summed E-state index contributed by atoms with van der Waals surface area (Å²) in [5, 5.41) is 2.14. The molecule has 1 amide bonds. The lowest BCUT2D eigenvalue weighted by Gasteiger charge is -2.25. The van der Waals surface area contributed by atoms with Crippen LogP contribution in [0.3, 0.4) is 0 Å². The smallest absolute Gasteiger partial charge is 0.221 e. The summed E-state index contributed by atoms with van der Waals surface area (Å²) in [6, 6.07) is 0. The van der Waals surface area contributed by atoms with Gasteiger partial charge in [0.05, 0.1) is 6.54 Å². The van der Waals surface area contributed by atoms with Gasteiger partial charge in [0.2, 0.25) is 9.70 Å². The standard InChI is InChI=1S/C10H15Cl3N2OS2/c1-6(2)5-7(16)15-8(10(11,12)13)18-9-14-3-4-17-9/h6,8H,3-5H2,1-2H3,(H,15,16)/t8-/m0/s1. The fourth-order valence-electron chi connectivity index (χ4n) is 1.24. The van der Waals surface area contributed by atoms with E-state index in [2.05, 4.69) is 10.3 Å². The van der Waals surface area contributed by atoms with E-state index >= 15 is 0 Å². The molecule has 18 heavy (non-hydrogen) atoms. The van der Waals surface area contributed by atoms with E-state index < -0.39 is 9.17 Å². The molecule has 3 nitrogen and oxygen atoms in total. The second kappa shape index (κ2) is 7.48. The summed E-state index contributed by atoms with van der Waals surface area (Å²) >= 11 is 20.6. The van der Waals surface area contributed by atoms with E-state index in [9.17, 15) is 4.79 Å². The maximum absolute atomic E-state index is 11.7. The van der Waals surface area contributed by atoms with Crippen LogP contribution in [0.5, 0.6) is 0 Å². The normalized spacial score (nSPS) is 17.8. The summed E-state index contributed by atoms with van der Waals surface area (Å²) in [5.74, 6) is 1.09. The Labute approximate surface area is 131 Å². The van der Waals surface area contributed by atoms with Crippen LogP contribution in [0.25, 0.3) is 0 Å². The van der Waals surface area contributed by atoms with Crippen molar-refractivity contribution in [3.63, 3.8) is 0 Å². The lowest BCUT2D eigenvalue weighted by atomic mass is 10.1. The first kappa shape index (κ1) is 16.8. The van der Waals surface area contributed by atoms with Crippen molar-refractivity contribution in [1.82, 2.24) is 5.32 Å². The minimum atomic E-state index is -1.55. The van der Waals surface area contributed by atoms with E-state index in [1.54, 1.807) is 11.8 Å². The molecule has 0 aromatic heterocycles. The molecule has 8 heteroatoms. The quantitative estimate of drug-likeness (QED) is 0.622. The van der Waals surface area contributed by atoms with Gasteiger partial charge in [-0.2, -0.15) is 0 Å². The van der Waals surface area contributed by atoms with Crippen molar-refractivity contribution in [3.8, 4) is 0 Å². The van der Waals surface area contributed by atoms with Gasteiger partial charge in [0.1, 0.15) is 9.75 Å². The third-order valence-electron chi connectivity index (χ3n) is 1.96. The highest BCUT2D eigenvalue weighted by atomic mass is 35.6. The molecule has 1 aliphatic rings. The number of aliphatic imine (C=N–C) groups is 1. The van der Waals surface area contributed by atoms with Gasteiger partial charge in [0.15, 0.2) is 0 Å². The molecule has 1 aliphatic heterocycles. The number of amides is 1. The summed E-state index contributed by atoms with van der Waals surface area (Å²) in [7, 11) is 0. The number of alkyl halides is 3. The Bertz CT molecular complexity index is 332. The van der Waals surface area contributed by atoms with Crippen LogP contribution in [-0.2, 0) is 4.79 Å². The molecule has 0 bridgehead atoms. The molecule has 104 valence electrons. The predicted octanol–water partition coefficient (Wildman–Crippen LogP) is 3.68. The maximum Gasteiger partial charge on any atom is 0.221 e. The van der Waals surface area contributed by atoms with Gasteiger partial charge < -0.3 is 5.32 Å². The van der Waals surface area contributed by atoms with E-state index in [0.717, 1.165) is 16.7 Å². The number of halogens is 3. The van der Waals surface area contributed by atoms with E-state index in [1.807, 2.05) is 13.8 Å². The monoisotopic (exact) mass is 348 g/mol. The molecule has 1 rings (SSSR count). The summed E-state index contributed by atoms with van der Waals surface area (Å²) < 4.78 is -0.695. The Kier molecular flexibility index (Phi) is 6.97. The summed E-state index contributed by atoms with van der Waals surface area (Å²) in [4.78, 5) is 16.0. The third kappa shape index (κ3) is 6.24. The van der Waals surface area contributed by atoms with Crippen LogP contribution in [0, 0.1) is 5.92 Å². The predicted molar refractivity (Wildman–Crippen MR) is 84.0 cm³/mol. The second-order valence-corrected chi connectivity index (χ2v) is 9.01. The molecule has 0 fully saturated rings. The van der Waals surface area contributed by atoms with E-state index in [-0.39, 0.29) is 11.8 Å². The highest BCUT2D eigenvalue weighted by Crippen LogP contribution is 2.39. The van der Waals surface area contributed by atoms with Crippen LogP contribution in [-0.4, -0.2) is 31.7 Å². The Morgan fingerprint density at radius 3 is 2.67 bits per heavy atom. The first-order valence-corrected chi connectivity index (χ1v) is 8.49. The van der Waals surface area contributed by atoms with Gasteiger partial charge in [-0.1, -0.05) is 72.2 Å². The number of hydrogen-bond donors (Lipinski definition) is 1. The van der Waals surface area contributed by atoms with Gasteiger partial charge in [-0.3, -0.25) is 9.79 Å². The molecular formula is C10H15Cl3N2OS2. The minimum absolute atomic E-state index is 0.113. The van der Waals surface area contributed by atoms with Crippen molar-refractivity contribution in [3.05, 3.63) is 0 Å². The molecule has 0 saturated carbocycles. The highest BCUT2D eigenvalue weighted by molar-refractivity contribution is 8.39. The Balaban J connectivity index is 2.58. The molecule has 0 aromatic carbocycles. The van der Waals surface area contributed by atoms with Crippen molar-refractivity contribution in [2.75, 3.05) is 12.3 Å². The molecule has 0 saturated heterocycles. The zero-order chi connectivity index (χ0) is 13.8. The number of nitrogens with zero attached hydrogens (tertiary/aromatic N) is 1. The number of carbonyl (C=O) groups excluding carboxylic acids is 1. The van der Waals surface area contributed by atoms with Crippen molar-refractivity contribution >= 4 is 68.6 Å². The topological polar surface area (TPSA) is 41.5 Å². The lowest BCUT2D eigenvalue weighted by Crippen LogP contribution is -2.42. The van der Waals surface area contributed by atoms with Crippen LogP contribution in [0.2, 0.25) is 0 Å². The third-order valence-corrected chi connectivity index (χ3v) is 5.45. The summed E-state index contributed by atoms with van der Waals surface area (Å²) in [6.07, 6.45) is 0.414. The van der Waals surface area contributed by atoms with Gasteiger partial charge in [0.25, 0.3) is 0 Å². The number of thioether (sulfide) groups is 2. The SMILES string of the molecule is CC(C)CC(=O)N[C@@H](SC1=NCCS1)C(Cl)(Cl)Cl. The molecule has 0 spiro atoms. The van der Waals surface area contributed by atoms with Crippen LogP contribution >= 0.6 is 58.3 Å². The van der Waals surface area contributed by atoms with Gasteiger partial charge in [-0.15, -0.1) is 0 Å². The Morgan fingerprint density at radius 1 is 1.56 bits per heavy atom. The number of carbonyl (C=O) groups is 1. The first-order chi connectivity index (χ1) is 8.29.